The van der Waals surface area contributed by atoms with Gasteiger partial charge in [0.25, 0.3) is 0 Å². The molecule has 1 aromatic heterocycles. The summed E-state index contributed by atoms with van der Waals surface area (Å²) < 4.78 is 48.2. The van der Waals surface area contributed by atoms with Crippen LogP contribution in [0.4, 0.5) is 23.7 Å². The first-order chi connectivity index (χ1) is 23.0. The fourth-order valence-corrected chi connectivity index (χ4v) is 7.12. The van der Waals surface area contributed by atoms with Crippen LogP contribution in [0.5, 0.6) is 11.5 Å². The highest BCUT2D eigenvalue weighted by Crippen LogP contribution is 2.38. The zero-order valence-electron chi connectivity index (χ0n) is 26.5. The summed E-state index contributed by atoms with van der Waals surface area (Å²) in [5, 5.41) is 10.6. The quantitative estimate of drug-likeness (QED) is 0.197. The number of nitrogens with zero attached hydrogens (tertiary/aromatic N) is 4. The van der Waals surface area contributed by atoms with Crippen LogP contribution < -0.4 is 25.0 Å². The number of hydrogen-bond acceptors (Lipinski definition) is 7. The Morgan fingerprint density at radius 3 is 2.42 bits per heavy atom. The van der Waals surface area contributed by atoms with Crippen LogP contribution in [0.1, 0.15) is 56.1 Å². The molecule has 1 aliphatic carbocycles. The van der Waals surface area contributed by atoms with Gasteiger partial charge in [-0.25, -0.2) is 14.5 Å². The molecule has 48 heavy (non-hydrogen) atoms. The van der Waals surface area contributed by atoms with Crippen LogP contribution in [-0.2, 0) is 4.79 Å². The van der Waals surface area contributed by atoms with Crippen molar-refractivity contribution >= 4 is 29.4 Å². The highest BCUT2D eigenvalue weighted by Gasteiger charge is 2.36. The summed E-state index contributed by atoms with van der Waals surface area (Å²) in [4.78, 5) is 32.1. The van der Waals surface area contributed by atoms with Gasteiger partial charge in [0, 0.05) is 11.6 Å². The van der Waals surface area contributed by atoms with Crippen molar-refractivity contribution in [3.8, 4) is 28.6 Å². The maximum absolute atomic E-state index is 13.1. The normalized spacial score (nSPS) is 19.5. The minimum Gasteiger partial charge on any atom is -0.497 e. The molecule has 0 spiro atoms. The largest absolute Gasteiger partial charge is 0.573 e. The number of aromatic nitrogens is 3. The Kier molecular flexibility index (Phi) is 9.54. The first kappa shape index (κ1) is 33.2. The molecule has 3 aromatic carbocycles. The van der Waals surface area contributed by atoms with Crippen LogP contribution in [0.3, 0.4) is 0 Å². The van der Waals surface area contributed by atoms with Crippen LogP contribution in [-0.4, -0.2) is 57.5 Å². The van der Waals surface area contributed by atoms with Crippen LogP contribution in [0.25, 0.3) is 17.1 Å². The topological polar surface area (TPSA) is 111 Å². The molecule has 10 nitrogen and oxygen atoms in total. The number of nitrogens with one attached hydrogen (secondary N) is 2. The van der Waals surface area contributed by atoms with E-state index in [1.54, 1.807) is 12.0 Å². The Morgan fingerprint density at radius 1 is 1.00 bits per heavy atom. The van der Waals surface area contributed by atoms with Gasteiger partial charge in [-0.1, -0.05) is 38.1 Å². The van der Waals surface area contributed by atoms with Gasteiger partial charge in [-0.2, -0.15) is 0 Å². The minimum atomic E-state index is -4.75. The van der Waals surface area contributed by atoms with E-state index in [0.717, 1.165) is 41.6 Å². The molecule has 252 valence electrons. The standard InChI is InChI=1S/C34H35F3N6O4S/c1-20(2)28-17-27(46-3)14-15-29(28)43-30(44)18-48-33(43)40-32(45)39-24-9-8-23(16-24)21-4-6-22(7-5-21)31-38-19-42(41-31)25-10-12-26(13-11-25)47-34(35,36)37/h4-7,10-15,17,19-20,23-24,33H,8-9,16,18H2,1-3H3,(H2,39,40,45). The molecule has 3 amide bonds. The first-order valence-electron chi connectivity index (χ1n) is 15.5. The molecule has 1 saturated carbocycles. The second kappa shape index (κ2) is 13.8. The van der Waals surface area contributed by atoms with E-state index in [0.29, 0.717) is 17.3 Å². The monoisotopic (exact) mass is 680 g/mol. The van der Waals surface area contributed by atoms with Crippen LogP contribution in [0.2, 0.25) is 0 Å². The molecule has 2 fully saturated rings. The Bertz CT molecular complexity index is 1760. The lowest BCUT2D eigenvalue weighted by Crippen LogP contribution is -2.50. The number of ether oxygens (including phenoxy) is 2. The van der Waals surface area contributed by atoms with E-state index in [-0.39, 0.29) is 41.3 Å². The number of alkyl halides is 3. The smallest absolute Gasteiger partial charge is 0.497 e. The number of anilines is 1. The van der Waals surface area contributed by atoms with E-state index in [4.69, 9.17) is 4.74 Å². The zero-order valence-corrected chi connectivity index (χ0v) is 27.3. The zero-order chi connectivity index (χ0) is 34.0. The van der Waals surface area contributed by atoms with Gasteiger partial charge in [0.2, 0.25) is 5.91 Å². The van der Waals surface area contributed by atoms with E-state index >= 15 is 0 Å². The number of rotatable bonds is 9. The molecular weight excluding hydrogens is 645 g/mol. The number of carbonyl (C=O) groups is 2. The van der Waals surface area contributed by atoms with Crippen molar-refractivity contribution < 1.29 is 32.2 Å². The van der Waals surface area contributed by atoms with Gasteiger partial charge in [0.1, 0.15) is 17.8 Å². The highest BCUT2D eigenvalue weighted by atomic mass is 32.2. The van der Waals surface area contributed by atoms with Crippen LogP contribution in [0, 0.1) is 0 Å². The first-order valence-corrected chi connectivity index (χ1v) is 16.6. The molecule has 6 rings (SSSR count). The number of urea groups is 1. The van der Waals surface area contributed by atoms with Crippen LogP contribution in [0.15, 0.2) is 73.1 Å². The van der Waals surface area contributed by atoms with Gasteiger partial charge in [-0.3, -0.25) is 9.69 Å². The molecule has 3 unspecified atom stereocenters. The van der Waals surface area contributed by atoms with Crippen molar-refractivity contribution in [1.82, 2.24) is 25.4 Å². The summed E-state index contributed by atoms with van der Waals surface area (Å²) in [5.41, 5.74) is 3.71. The minimum absolute atomic E-state index is 0.0114. The second-order valence-corrected chi connectivity index (χ2v) is 13.1. The average Bonchev–Trinajstić information content (AvgIpc) is 3.81. The van der Waals surface area contributed by atoms with Gasteiger partial charge >= 0.3 is 12.4 Å². The fourth-order valence-electron chi connectivity index (χ4n) is 6.11. The number of amides is 3. The van der Waals surface area contributed by atoms with E-state index in [2.05, 4.69) is 39.3 Å². The highest BCUT2D eigenvalue weighted by molar-refractivity contribution is 8.01. The molecule has 0 bridgehead atoms. The van der Waals surface area contributed by atoms with Crippen molar-refractivity contribution in [2.24, 2.45) is 0 Å². The summed E-state index contributed by atoms with van der Waals surface area (Å²) in [7, 11) is 1.61. The van der Waals surface area contributed by atoms with E-state index < -0.39 is 11.9 Å². The van der Waals surface area contributed by atoms with E-state index in [1.165, 1.54) is 47.0 Å². The number of hydrogen-bond donors (Lipinski definition) is 2. The maximum Gasteiger partial charge on any atom is 0.573 e. The number of methoxy groups -OCH3 is 1. The van der Waals surface area contributed by atoms with Crippen molar-refractivity contribution in [1.29, 1.82) is 0 Å². The molecular formula is C34H35F3N6O4S. The van der Waals surface area contributed by atoms with E-state index in [9.17, 15) is 22.8 Å². The molecule has 2 aliphatic rings. The number of thioether (sulfide) groups is 1. The Hall–Kier alpha value is -4.72. The second-order valence-electron chi connectivity index (χ2n) is 12.0. The third-order valence-corrected chi connectivity index (χ3v) is 9.53. The van der Waals surface area contributed by atoms with Gasteiger partial charge < -0.3 is 20.1 Å². The molecule has 14 heteroatoms. The third-order valence-electron chi connectivity index (χ3n) is 8.47. The summed E-state index contributed by atoms with van der Waals surface area (Å²) in [6.07, 6.45) is -0.730. The predicted molar refractivity (Wildman–Crippen MR) is 176 cm³/mol. The molecule has 2 heterocycles. The predicted octanol–water partition coefficient (Wildman–Crippen LogP) is 6.96. The van der Waals surface area contributed by atoms with Gasteiger partial charge in [0.05, 0.1) is 24.2 Å². The number of benzene rings is 3. The molecule has 1 saturated heterocycles. The molecule has 0 radical (unpaired) electrons. The Labute approximate surface area is 280 Å². The van der Waals surface area contributed by atoms with Crippen LogP contribution >= 0.6 is 11.8 Å². The molecule has 1 aliphatic heterocycles. The van der Waals surface area contributed by atoms with Crippen molar-refractivity contribution in [2.45, 2.75) is 62.8 Å². The summed E-state index contributed by atoms with van der Waals surface area (Å²) >= 11 is 1.39. The molecule has 2 N–H and O–H groups in total. The van der Waals surface area contributed by atoms with Crippen molar-refractivity contribution in [3.05, 3.63) is 84.2 Å². The molecule has 4 aromatic rings. The van der Waals surface area contributed by atoms with Crippen molar-refractivity contribution in [2.75, 3.05) is 17.8 Å². The van der Waals surface area contributed by atoms with Gasteiger partial charge in [-0.15, -0.1) is 30.0 Å². The van der Waals surface area contributed by atoms with Gasteiger partial charge in [0.15, 0.2) is 11.3 Å². The van der Waals surface area contributed by atoms with E-state index in [1.807, 2.05) is 42.5 Å². The summed E-state index contributed by atoms with van der Waals surface area (Å²) in [5.74, 6) is 1.51. The SMILES string of the molecule is COc1ccc(N2C(=O)CSC2NC(=O)NC2CCC(c3ccc(-c4ncn(-c5ccc(OC(F)(F)F)cc5)n4)cc3)C2)c(C(C)C)c1. The Balaban J connectivity index is 1.04. The third kappa shape index (κ3) is 7.53. The fraction of sp³-hybridized carbons (Fsp3) is 0.353. The lowest BCUT2D eigenvalue weighted by molar-refractivity contribution is -0.274. The average molecular weight is 681 g/mol. The van der Waals surface area contributed by atoms with Gasteiger partial charge in [-0.05, 0) is 84.7 Å². The Morgan fingerprint density at radius 2 is 1.73 bits per heavy atom. The molecule has 3 atom stereocenters. The number of halogens is 3. The summed E-state index contributed by atoms with van der Waals surface area (Å²) in [6, 6.07) is 18.7. The lowest BCUT2D eigenvalue weighted by Gasteiger charge is -2.28. The number of carbonyl (C=O) groups excluding carboxylic acids is 2. The maximum atomic E-state index is 13.1. The summed E-state index contributed by atoms with van der Waals surface area (Å²) in [6.45, 7) is 4.11. The lowest BCUT2D eigenvalue weighted by atomic mass is 9.96. The van der Waals surface area contributed by atoms with Crippen molar-refractivity contribution in [3.63, 3.8) is 0 Å².